The summed E-state index contributed by atoms with van der Waals surface area (Å²) < 4.78 is 44.8. The number of ether oxygens (including phenoxy) is 1. The first-order valence-corrected chi connectivity index (χ1v) is 6.30. The number of pyridine rings is 1. The van der Waals surface area contributed by atoms with Crippen LogP contribution in [0.15, 0.2) is 24.3 Å². The molecule has 0 saturated heterocycles. The predicted molar refractivity (Wildman–Crippen MR) is 68.1 cm³/mol. The molecule has 2 nitrogen and oxygen atoms in total. The molecule has 3 rings (SSSR count). The summed E-state index contributed by atoms with van der Waals surface area (Å²) in [6, 6.07) is 5.22. The van der Waals surface area contributed by atoms with Crippen LogP contribution in [0.5, 0.6) is 5.75 Å². The molecule has 1 aliphatic rings. The smallest absolute Gasteiger partial charge is 0.194 e. The van der Waals surface area contributed by atoms with Crippen molar-refractivity contribution in [1.29, 1.82) is 0 Å². The molecular weight excluding hydrogens is 267 g/mol. The maximum absolute atomic E-state index is 13.3. The molecule has 1 fully saturated rings. The maximum atomic E-state index is 13.3. The second-order valence-electron chi connectivity index (χ2n) is 4.81. The first-order valence-electron chi connectivity index (χ1n) is 6.30. The van der Waals surface area contributed by atoms with Gasteiger partial charge < -0.3 is 4.74 Å². The number of hydrogen-bond acceptors (Lipinski definition) is 2. The Morgan fingerprint density at radius 1 is 1.10 bits per heavy atom. The van der Waals surface area contributed by atoms with Crippen LogP contribution in [-0.2, 0) is 0 Å². The summed E-state index contributed by atoms with van der Waals surface area (Å²) in [5, 5.41) is 0. The maximum Gasteiger partial charge on any atom is 0.194 e. The summed E-state index contributed by atoms with van der Waals surface area (Å²) in [7, 11) is 1.56. The summed E-state index contributed by atoms with van der Waals surface area (Å²) in [5.41, 5.74) is 1.41. The van der Waals surface area contributed by atoms with E-state index >= 15 is 0 Å². The van der Waals surface area contributed by atoms with Gasteiger partial charge in [0.25, 0.3) is 0 Å². The van der Waals surface area contributed by atoms with Crippen LogP contribution < -0.4 is 4.74 Å². The van der Waals surface area contributed by atoms with Crippen LogP contribution in [0.1, 0.15) is 24.5 Å². The van der Waals surface area contributed by atoms with Crippen molar-refractivity contribution in [2.24, 2.45) is 0 Å². The van der Waals surface area contributed by atoms with E-state index in [9.17, 15) is 13.2 Å². The van der Waals surface area contributed by atoms with Gasteiger partial charge >= 0.3 is 0 Å². The van der Waals surface area contributed by atoms with Crippen molar-refractivity contribution in [1.82, 2.24) is 4.98 Å². The first-order chi connectivity index (χ1) is 9.60. The minimum Gasteiger partial charge on any atom is -0.495 e. The van der Waals surface area contributed by atoms with E-state index in [2.05, 4.69) is 4.98 Å². The van der Waals surface area contributed by atoms with Crippen molar-refractivity contribution in [3.05, 3.63) is 47.4 Å². The zero-order valence-corrected chi connectivity index (χ0v) is 10.8. The van der Waals surface area contributed by atoms with E-state index < -0.39 is 17.5 Å². The molecule has 0 unspecified atom stereocenters. The van der Waals surface area contributed by atoms with Gasteiger partial charge in [-0.3, -0.25) is 0 Å². The van der Waals surface area contributed by atoms with E-state index in [1.54, 1.807) is 19.2 Å². The molecule has 2 aromatic rings. The number of aromatic nitrogens is 1. The fraction of sp³-hybridized carbons (Fsp3) is 0.267. The van der Waals surface area contributed by atoms with Crippen molar-refractivity contribution < 1.29 is 17.9 Å². The van der Waals surface area contributed by atoms with Gasteiger partial charge in [0, 0.05) is 11.5 Å². The highest BCUT2D eigenvalue weighted by Crippen LogP contribution is 2.43. The van der Waals surface area contributed by atoms with E-state index in [0.717, 1.165) is 30.7 Å². The van der Waals surface area contributed by atoms with Gasteiger partial charge in [-0.05, 0) is 37.1 Å². The molecule has 0 aliphatic heterocycles. The number of rotatable bonds is 3. The minimum atomic E-state index is -1.47. The zero-order chi connectivity index (χ0) is 14.3. The average Bonchev–Trinajstić information content (AvgIpc) is 3.28. The Bertz CT molecular complexity index is 645. The predicted octanol–water partition coefficient (Wildman–Crippen LogP) is 4.05. The molecule has 1 heterocycles. The Hall–Kier alpha value is -2.04. The van der Waals surface area contributed by atoms with Crippen LogP contribution in [0.2, 0.25) is 0 Å². The van der Waals surface area contributed by atoms with Crippen molar-refractivity contribution in [2.45, 2.75) is 18.8 Å². The molecule has 1 aromatic carbocycles. The Kier molecular flexibility index (Phi) is 3.12. The topological polar surface area (TPSA) is 22.1 Å². The van der Waals surface area contributed by atoms with E-state index in [0.29, 0.717) is 17.4 Å². The lowest BCUT2D eigenvalue weighted by Gasteiger charge is -2.09. The number of hydrogen-bond donors (Lipinski definition) is 0. The Balaban J connectivity index is 2.08. The number of nitrogens with zero attached hydrogens (tertiary/aromatic N) is 1. The third kappa shape index (κ3) is 2.24. The quantitative estimate of drug-likeness (QED) is 0.791. The Morgan fingerprint density at radius 2 is 1.75 bits per heavy atom. The summed E-state index contributed by atoms with van der Waals surface area (Å²) in [6.45, 7) is 0. The van der Waals surface area contributed by atoms with Gasteiger partial charge in [0.15, 0.2) is 17.5 Å². The molecule has 20 heavy (non-hydrogen) atoms. The van der Waals surface area contributed by atoms with Crippen LogP contribution in [0.3, 0.4) is 0 Å². The summed E-state index contributed by atoms with van der Waals surface area (Å²) in [5.74, 6) is -2.90. The SMILES string of the molecule is COc1ccc(-c2cc(F)c(F)c(F)c2)nc1C1CC1. The average molecular weight is 279 g/mol. The van der Waals surface area contributed by atoms with Gasteiger partial charge in [-0.2, -0.15) is 0 Å². The highest BCUT2D eigenvalue weighted by Gasteiger charge is 2.28. The lowest BCUT2D eigenvalue weighted by Crippen LogP contribution is -1.98. The molecule has 104 valence electrons. The molecule has 1 aliphatic carbocycles. The fourth-order valence-electron chi connectivity index (χ4n) is 2.15. The van der Waals surface area contributed by atoms with Crippen molar-refractivity contribution in [3.63, 3.8) is 0 Å². The number of methoxy groups -OCH3 is 1. The molecule has 0 atom stereocenters. The zero-order valence-electron chi connectivity index (χ0n) is 10.8. The summed E-state index contributed by atoms with van der Waals surface area (Å²) in [6.07, 6.45) is 2.05. The lowest BCUT2D eigenvalue weighted by molar-refractivity contribution is 0.407. The highest BCUT2D eigenvalue weighted by molar-refractivity contribution is 5.61. The van der Waals surface area contributed by atoms with Gasteiger partial charge in [-0.15, -0.1) is 0 Å². The van der Waals surface area contributed by atoms with E-state index in [-0.39, 0.29) is 5.56 Å². The fourth-order valence-corrected chi connectivity index (χ4v) is 2.15. The number of halogens is 3. The van der Waals surface area contributed by atoms with Crippen LogP contribution in [0.25, 0.3) is 11.3 Å². The summed E-state index contributed by atoms with van der Waals surface area (Å²) >= 11 is 0. The third-order valence-electron chi connectivity index (χ3n) is 3.35. The molecule has 0 spiro atoms. The monoisotopic (exact) mass is 279 g/mol. The molecule has 0 bridgehead atoms. The highest BCUT2D eigenvalue weighted by atomic mass is 19.2. The largest absolute Gasteiger partial charge is 0.495 e. The minimum absolute atomic E-state index is 0.214. The van der Waals surface area contributed by atoms with Gasteiger partial charge in [0.05, 0.1) is 18.5 Å². The number of benzene rings is 1. The van der Waals surface area contributed by atoms with Crippen molar-refractivity contribution in [2.75, 3.05) is 7.11 Å². The van der Waals surface area contributed by atoms with Gasteiger partial charge in [-0.25, -0.2) is 18.2 Å². The molecule has 1 saturated carbocycles. The first kappa shape index (κ1) is 13.0. The van der Waals surface area contributed by atoms with Gasteiger partial charge in [0.2, 0.25) is 0 Å². The van der Waals surface area contributed by atoms with Crippen LogP contribution in [-0.4, -0.2) is 12.1 Å². The Morgan fingerprint density at radius 3 is 2.30 bits per heavy atom. The van der Waals surface area contributed by atoms with Gasteiger partial charge in [0.1, 0.15) is 5.75 Å². The normalized spacial score (nSPS) is 14.4. The molecule has 0 N–H and O–H groups in total. The molecule has 0 amide bonds. The van der Waals surface area contributed by atoms with E-state index in [1.165, 1.54) is 0 Å². The van der Waals surface area contributed by atoms with E-state index in [4.69, 9.17) is 4.74 Å². The van der Waals surface area contributed by atoms with E-state index in [1.807, 2.05) is 0 Å². The lowest BCUT2D eigenvalue weighted by atomic mass is 10.1. The molecule has 5 heteroatoms. The van der Waals surface area contributed by atoms with Crippen LogP contribution in [0.4, 0.5) is 13.2 Å². The Labute approximate surface area is 114 Å². The third-order valence-corrected chi connectivity index (χ3v) is 3.35. The second kappa shape index (κ2) is 4.81. The van der Waals surface area contributed by atoms with Gasteiger partial charge in [-0.1, -0.05) is 0 Å². The summed E-state index contributed by atoms with van der Waals surface area (Å²) in [4.78, 5) is 4.41. The molecular formula is C15H12F3NO. The van der Waals surface area contributed by atoms with Crippen molar-refractivity contribution >= 4 is 0 Å². The second-order valence-corrected chi connectivity index (χ2v) is 4.81. The van der Waals surface area contributed by atoms with Crippen LogP contribution >= 0.6 is 0 Å². The van der Waals surface area contributed by atoms with Crippen molar-refractivity contribution in [3.8, 4) is 17.0 Å². The standard InChI is InChI=1S/C15H12F3NO/c1-20-13-5-4-12(19-15(13)8-2-3-8)9-6-10(16)14(18)11(17)7-9/h4-8H,2-3H2,1H3. The molecule has 0 radical (unpaired) electrons. The molecule has 1 aromatic heterocycles. The van der Waals surface area contributed by atoms with Crippen LogP contribution in [0, 0.1) is 17.5 Å².